The second kappa shape index (κ2) is 6.52. The predicted octanol–water partition coefficient (Wildman–Crippen LogP) is 3.41. The van der Waals surface area contributed by atoms with Gasteiger partial charge in [-0.3, -0.25) is 14.6 Å². The normalized spacial score (nSPS) is 24.3. The molecular weight excluding hydrogens is 294 g/mol. The number of hydrogen-bond donors (Lipinski definition) is 0. The van der Waals surface area contributed by atoms with Crippen molar-refractivity contribution in [3.05, 3.63) is 35.4 Å². The van der Waals surface area contributed by atoms with E-state index in [1.165, 1.54) is 0 Å². The van der Waals surface area contributed by atoms with Crippen molar-refractivity contribution in [3.8, 4) is 0 Å². The number of rotatable bonds is 4. The Morgan fingerprint density at radius 3 is 2.96 bits per heavy atom. The lowest BCUT2D eigenvalue weighted by Gasteiger charge is -2.32. The maximum absolute atomic E-state index is 12.6. The number of esters is 1. The van der Waals surface area contributed by atoms with Crippen LogP contribution in [0.5, 0.6) is 0 Å². The summed E-state index contributed by atoms with van der Waals surface area (Å²) < 4.78 is 10.9. The lowest BCUT2D eigenvalue weighted by molar-refractivity contribution is -0.146. The summed E-state index contributed by atoms with van der Waals surface area (Å²) in [5.41, 5.74) is 2.14. The molecule has 2 heterocycles. The lowest BCUT2D eigenvalue weighted by atomic mass is 9.74. The lowest BCUT2D eigenvalue weighted by Crippen LogP contribution is -2.37. The Kier molecular flexibility index (Phi) is 4.46. The van der Waals surface area contributed by atoms with Gasteiger partial charge in [0.15, 0.2) is 5.78 Å². The molecule has 2 atom stereocenters. The molecule has 2 aliphatic rings. The van der Waals surface area contributed by atoms with Crippen LogP contribution >= 0.6 is 0 Å². The van der Waals surface area contributed by atoms with Gasteiger partial charge in [-0.15, -0.1) is 0 Å². The van der Waals surface area contributed by atoms with Crippen LogP contribution in [0, 0.1) is 5.92 Å². The Labute approximate surface area is 135 Å². The average Bonchev–Trinajstić information content (AvgIpc) is 3.05. The SMILES string of the molecule is CCCOC(=O)C1C(C)=NC2=C(C(=O)CCC2)[C@@H]1c1ccco1. The Bertz CT molecular complexity index is 669. The summed E-state index contributed by atoms with van der Waals surface area (Å²) in [6, 6.07) is 3.59. The molecule has 1 aliphatic heterocycles. The van der Waals surface area contributed by atoms with E-state index in [4.69, 9.17) is 9.15 Å². The number of nitrogens with zero attached hydrogens (tertiary/aromatic N) is 1. The molecule has 0 N–H and O–H groups in total. The van der Waals surface area contributed by atoms with Crippen LogP contribution in [0.15, 0.2) is 39.1 Å². The van der Waals surface area contributed by atoms with Gasteiger partial charge in [-0.05, 0) is 38.3 Å². The number of furan rings is 1. The van der Waals surface area contributed by atoms with Crippen molar-refractivity contribution in [1.29, 1.82) is 0 Å². The van der Waals surface area contributed by atoms with Gasteiger partial charge in [-0.2, -0.15) is 0 Å². The molecule has 0 fully saturated rings. The molecular formula is C18H21NO4. The zero-order valence-electron chi connectivity index (χ0n) is 13.5. The molecule has 23 heavy (non-hydrogen) atoms. The van der Waals surface area contributed by atoms with Gasteiger partial charge in [0.2, 0.25) is 0 Å². The van der Waals surface area contributed by atoms with Crippen molar-refractivity contribution >= 4 is 17.5 Å². The van der Waals surface area contributed by atoms with E-state index in [1.807, 2.05) is 19.9 Å². The van der Waals surface area contributed by atoms with Crippen LogP contribution in [0.2, 0.25) is 0 Å². The van der Waals surface area contributed by atoms with Crippen molar-refractivity contribution in [3.63, 3.8) is 0 Å². The number of hydrogen-bond acceptors (Lipinski definition) is 5. The van der Waals surface area contributed by atoms with Crippen LogP contribution in [0.4, 0.5) is 0 Å². The first-order valence-corrected chi connectivity index (χ1v) is 8.15. The molecule has 0 saturated carbocycles. The molecule has 0 spiro atoms. The Morgan fingerprint density at radius 1 is 1.43 bits per heavy atom. The Hall–Kier alpha value is -2.17. The number of allylic oxidation sites excluding steroid dienone is 2. The molecule has 0 saturated heterocycles. The average molecular weight is 315 g/mol. The summed E-state index contributed by atoms with van der Waals surface area (Å²) in [5, 5.41) is 0. The molecule has 1 aromatic rings. The highest BCUT2D eigenvalue weighted by molar-refractivity contribution is 6.08. The molecule has 0 bridgehead atoms. The largest absolute Gasteiger partial charge is 0.469 e. The van der Waals surface area contributed by atoms with Gasteiger partial charge in [0.25, 0.3) is 0 Å². The number of ether oxygens (including phenoxy) is 1. The Morgan fingerprint density at radius 2 is 2.26 bits per heavy atom. The van der Waals surface area contributed by atoms with Gasteiger partial charge in [0.1, 0.15) is 11.7 Å². The van der Waals surface area contributed by atoms with E-state index in [9.17, 15) is 9.59 Å². The molecule has 0 radical (unpaired) electrons. The van der Waals surface area contributed by atoms with Gasteiger partial charge in [0.05, 0.1) is 18.8 Å². The maximum atomic E-state index is 12.6. The minimum atomic E-state index is -0.589. The number of carbonyl (C=O) groups is 2. The molecule has 122 valence electrons. The second-order valence-electron chi connectivity index (χ2n) is 6.03. The predicted molar refractivity (Wildman–Crippen MR) is 85.2 cm³/mol. The number of aliphatic imine (C=N–C) groups is 1. The molecule has 1 unspecified atom stereocenters. The van der Waals surface area contributed by atoms with E-state index >= 15 is 0 Å². The highest BCUT2D eigenvalue weighted by Gasteiger charge is 2.44. The second-order valence-corrected chi connectivity index (χ2v) is 6.03. The first-order chi connectivity index (χ1) is 11.1. The minimum absolute atomic E-state index is 0.0668. The summed E-state index contributed by atoms with van der Waals surface area (Å²) in [6.07, 6.45) is 4.41. The van der Waals surface area contributed by atoms with Gasteiger partial charge >= 0.3 is 5.97 Å². The third-order valence-corrected chi connectivity index (χ3v) is 4.39. The third-order valence-electron chi connectivity index (χ3n) is 4.39. The standard InChI is InChI=1S/C18H21NO4/c1-3-9-23-18(21)15-11(2)19-12-6-4-7-13(20)16(12)17(15)14-8-5-10-22-14/h5,8,10,15,17H,3-4,6-7,9H2,1-2H3/t15?,17-/m1/s1. The first kappa shape index (κ1) is 15.7. The topological polar surface area (TPSA) is 68.9 Å². The summed E-state index contributed by atoms with van der Waals surface area (Å²) in [4.78, 5) is 29.6. The number of ketones is 1. The van der Waals surface area contributed by atoms with Crippen LogP contribution in [0.1, 0.15) is 51.2 Å². The highest BCUT2D eigenvalue weighted by Crippen LogP contribution is 2.43. The van der Waals surface area contributed by atoms with E-state index in [-0.39, 0.29) is 11.8 Å². The fraction of sp³-hybridized carbons (Fsp3) is 0.500. The summed E-state index contributed by atoms with van der Waals surface area (Å²) >= 11 is 0. The van der Waals surface area contributed by atoms with E-state index in [1.54, 1.807) is 12.3 Å². The number of Topliss-reactive ketones (excluding diaryl/α,β-unsaturated/α-hetero) is 1. The highest BCUT2D eigenvalue weighted by atomic mass is 16.5. The molecule has 1 aliphatic carbocycles. The van der Waals surface area contributed by atoms with E-state index in [0.717, 1.165) is 25.0 Å². The smallest absolute Gasteiger partial charge is 0.315 e. The maximum Gasteiger partial charge on any atom is 0.315 e. The van der Waals surface area contributed by atoms with Crippen molar-refractivity contribution in [2.45, 2.75) is 45.4 Å². The van der Waals surface area contributed by atoms with Crippen LogP contribution in [0.3, 0.4) is 0 Å². The Balaban J connectivity index is 2.05. The fourth-order valence-corrected chi connectivity index (χ4v) is 3.38. The van der Waals surface area contributed by atoms with Gasteiger partial charge in [-0.1, -0.05) is 6.92 Å². The van der Waals surface area contributed by atoms with E-state index in [2.05, 4.69) is 4.99 Å². The van der Waals surface area contributed by atoms with Crippen LogP contribution in [-0.4, -0.2) is 24.1 Å². The monoisotopic (exact) mass is 315 g/mol. The van der Waals surface area contributed by atoms with Crippen LogP contribution < -0.4 is 0 Å². The quantitative estimate of drug-likeness (QED) is 0.798. The zero-order valence-corrected chi connectivity index (χ0v) is 13.5. The van der Waals surface area contributed by atoms with Crippen molar-refractivity contribution < 1.29 is 18.7 Å². The van der Waals surface area contributed by atoms with Gasteiger partial charge in [0, 0.05) is 23.4 Å². The summed E-state index contributed by atoms with van der Waals surface area (Å²) in [6.45, 7) is 4.15. The number of carbonyl (C=O) groups excluding carboxylic acids is 2. The van der Waals surface area contributed by atoms with Crippen LogP contribution in [-0.2, 0) is 14.3 Å². The van der Waals surface area contributed by atoms with Crippen LogP contribution in [0.25, 0.3) is 0 Å². The van der Waals surface area contributed by atoms with Gasteiger partial charge in [-0.25, -0.2) is 0 Å². The van der Waals surface area contributed by atoms with Gasteiger partial charge < -0.3 is 9.15 Å². The molecule has 5 nitrogen and oxygen atoms in total. The van der Waals surface area contributed by atoms with E-state index < -0.39 is 11.8 Å². The minimum Gasteiger partial charge on any atom is -0.469 e. The summed E-state index contributed by atoms with van der Waals surface area (Å²) in [7, 11) is 0. The summed E-state index contributed by atoms with van der Waals surface area (Å²) in [5.74, 6) is -0.653. The molecule has 1 aromatic heterocycles. The molecule has 3 rings (SSSR count). The molecule has 5 heteroatoms. The van der Waals surface area contributed by atoms with Crippen molar-refractivity contribution in [2.75, 3.05) is 6.61 Å². The fourth-order valence-electron chi connectivity index (χ4n) is 3.38. The van der Waals surface area contributed by atoms with Crippen molar-refractivity contribution in [2.24, 2.45) is 10.9 Å². The third kappa shape index (κ3) is 2.87. The van der Waals surface area contributed by atoms with E-state index in [0.29, 0.717) is 30.1 Å². The zero-order chi connectivity index (χ0) is 16.4. The molecule has 0 amide bonds. The van der Waals surface area contributed by atoms with Crippen molar-refractivity contribution in [1.82, 2.24) is 0 Å². The molecule has 0 aromatic carbocycles. The first-order valence-electron chi connectivity index (χ1n) is 8.15.